The smallest absolute Gasteiger partial charge is 0.338 e. The van der Waals surface area contributed by atoms with Gasteiger partial charge in [-0.3, -0.25) is 4.79 Å². The Labute approximate surface area is 218 Å². The van der Waals surface area contributed by atoms with E-state index in [1.54, 1.807) is 43.3 Å². The summed E-state index contributed by atoms with van der Waals surface area (Å²) in [6.07, 6.45) is 3.09. The first-order valence-corrected chi connectivity index (χ1v) is 12.2. The Morgan fingerprint density at radius 3 is 2.43 bits per heavy atom. The maximum absolute atomic E-state index is 12.4. The minimum absolute atomic E-state index is 0.283. The number of nitrogens with one attached hydrogen (secondary N) is 1. The van der Waals surface area contributed by atoms with Gasteiger partial charge in [-0.25, -0.2) is 4.79 Å². The van der Waals surface area contributed by atoms with Gasteiger partial charge in [0.2, 0.25) is 5.91 Å². The largest absolute Gasteiger partial charge is 0.490 e. The lowest BCUT2D eigenvalue weighted by Crippen LogP contribution is -2.09. The lowest BCUT2D eigenvalue weighted by atomic mass is 10.1. The molecule has 0 aliphatic carbocycles. The molecule has 1 amide bonds. The number of carbonyl (C=O) groups is 2. The first-order chi connectivity index (χ1) is 16.9. The number of ether oxygens (including phenoxy) is 3. The molecule has 0 aromatic heterocycles. The van der Waals surface area contributed by atoms with Gasteiger partial charge < -0.3 is 19.5 Å². The number of carbonyl (C=O) groups excluding carboxylic acids is 2. The minimum atomic E-state index is -0.403. The van der Waals surface area contributed by atoms with Crippen molar-refractivity contribution in [2.45, 2.75) is 20.5 Å². The zero-order valence-electron chi connectivity index (χ0n) is 19.3. The van der Waals surface area contributed by atoms with Gasteiger partial charge >= 0.3 is 5.97 Å². The van der Waals surface area contributed by atoms with Crippen LogP contribution in [0.3, 0.4) is 0 Å². The van der Waals surface area contributed by atoms with Crippen molar-refractivity contribution in [1.82, 2.24) is 0 Å². The van der Waals surface area contributed by atoms with Crippen molar-refractivity contribution >= 4 is 51.2 Å². The molecule has 0 bridgehead atoms. The van der Waals surface area contributed by atoms with Crippen molar-refractivity contribution in [3.63, 3.8) is 0 Å². The fourth-order valence-electron chi connectivity index (χ4n) is 3.11. The first kappa shape index (κ1) is 26.3. The number of amides is 1. The molecule has 1 N–H and O–H groups in total. The molecule has 6 nitrogen and oxygen atoms in total. The van der Waals surface area contributed by atoms with Crippen molar-refractivity contribution in [2.75, 3.05) is 18.5 Å². The molecule has 35 heavy (non-hydrogen) atoms. The monoisotopic (exact) mass is 557 g/mol. The Morgan fingerprint density at radius 2 is 1.74 bits per heavy atom. The van der Waals surface area contributed by atoms with Gasteiger partial charge in [-0.1, -0.05) is 29.8 Å². The van der Waals surface area contributed by atoms with E-state index in [2.05, 4.69) is 21.2 Å². The second-order valence-electron chi connectivity index (χ2n) is 7.26. The van der Waals surface area contributed by atoms with E-state index in [1.807, 2.05) is 37.3 Å². The molecule has 3 aromatic rings. The van der Waals surface area contributed by atoms with E-state index in [-0.39, 0.29) is 12.5 Å². The maximum atomic E-state index is 12.4. The standard InChI is InChI=1S/C27H25BrClNO5/c1-3-33-24-16-18(15-22(28)26(24)35-17-20-7-5-6-8-23(20)29)9-14-25(31)30-21-12-10-19(11-13-21)27(32)34-4-2/h5-16H,3-4,17H2,1-2H3,(H,30,31)/b14-9+. The quantitative estimate of drug-likeness (QED) is 0.216. The molecule has 0 heterocycles. The molecule has 0 atom stereocenters. The van der Waals surface area contributed by atoms with Crippen LogP contribution in [0.1, 0.15) is 35.3 Å². The summed E-state index contributed by atoms with van der Waals surface area (Å²) in [6, 6.07) is 17.6. The molecule has 0 unspecified atom stereocenters. The molecule has 182 valence electrons. The van der Waals surface area contributed by atoms with E-state index in [0.29, 0.717) is 45.5 Å². The van der Waals surface area contributed by atoms with E-state index in [1.165, 1.54) is 6.08 Å². The average Bonchev–Trinajstić information content (AvgIpc) is 2.84. The summed E-state index contributed by atoms with van der Waals surface area (Å²) < 4.78 is 17.4. The Morgan fingerprint density at radius 1 is 1.00 bits per heavy atom. The summed E-state index contributed by atoms with van der Waals surface area (Å²) in [5, 5.41) is 3.39. The molecule has 3 aromatic carbocycles. The predicted molar refractivity (Wildman–Crippen MR) is 141 cm³/mol. The van der Waals surface area contributed by atoms with Crippen LogP contribution in [0.25, 0.3) is 6.08 Å². The van der Waals surface area contributed by atoms with Gasteiger partial charge in [0.25, 0.3) is 0 Å². The van der Waals surface area contributed by atoms with E-state index in [9.17, 15) is 9.59 Å². The summed E-state index contributed by atoms with van der Waals surface area (Å²) in [4.78, 5) is 24.1. The summed E-state index contributed by atoms with van der Waals surface area (Å²) >= 11 is 9.77. The Bertz CT molecular complexity index is 1210. The third kappa shape index (κ3) is 7.60. The van der Waals surface area contributed by atoms with Crippen LogP contribution in [-0.2, 0) is 16.1 Å². The second-order valence-corrected chi connectivity index (χ2v) is 8.53. The van der Waals surface area contributed by atoms with Gasteiger partial charge in [0.05, 0.1) is 23.2 Å². The van der Waals surface area contributed by atoms with Crippen LogP contribution in [0.15, 0.2) is 71.2 Å². The molecule has 0 radical (unpaired) electrons. The normalized spacial score (nSPS) is 10.7. The van der Waals surface area contributed by atoms with E-state index >= 15 is 0 Å². The summed E-state index contributed by atoms with van der Waals surface area (Å²) in [6.45, 7) is 4.66. The molecular weight excluding hydrogens is 534 g/mol. The SMILES string of the molecule is CCOC(=O)c1ccc(NC(=O)/C=C/c2cc(Br)c(OCc3ccccc3Cl)c(OCC)c2)cc1. The molecule has 8 heteroatoms. The Hall–Kier alpha value is -3.29. The van der Waals surface area contributed by atoms with Crippen molar-refractivity contribution in [1.29, 1.82) is 0 Å². The van der Waals surface area contributed by atoms with Gasteiger partial charge in [0.15, 0.2) is 11.5 Å². The third-order valence-electron chi connectivity index (χ3n) is 4.75. The molecule has 3 rings (SSSR count). The zero-order valence-corrected chi connectivity index (χ0v) is 21.7. The molecule has 0 fully saturated rings. The molecule has 0 aliphatic rings. The molecule has 0 saturated carbocycles. The van der Waals surface area contributed by atoms with Crippen LogP contribution >= 0.6 is 27.5 Å². The zero-order chi connectivity index (χ0) is 25.2. The van der Waals surface area contributed by atoms with Gasteiger partial charge in [-0.05, 0) is 83.9 Å². The number of hydrogen-bond donors (Lipinski definition) is 1. The molecular formula is C27H25BrClNO5. The van der Waals surface area contributed by atoms with Crippen LogP contribution < -0.4 is 14.8 Å². The van der Waals surface area contributed by atoms with Gasteiger partial charge in [0, 0.05) is 22.3 Å². The highest BCUT2D eigenvalue weighted by molar-refractivity contribution is 9.10. The van der Waals surface area contributed by atoms with Crippen molar-refractivity contribution in [3.8, 4) is 11.5 Å². The summed E-state index contributed by atoms with van der Waals surface area (Å²) in [7, 11) is 0. The fraction of sp³-hybridized carbons (Fsp3) is 0.185. The predicted octanol–water partition coefficient (Wildman–Crippen LogP) is 6.91. The van der Waals surface area contributed by atoms with Crippen LogP contribution in [0, 0.1) is 0 Å². The Kier molecular flexibility index (Phi) is 9.76. The number of hydrogen-bond acceptors (Lipinski definition) is 5. The number of anilines is 1. The fourth-order valence-corrected chi connectivity index (χ4v) is 3.88. The summed E-state index contributed by atoms with van der Waals surface area (Å²) in [5.41, 5.74) is 2.59. The summed E-state index contributed by atoms with van der Waals surface area (Å²) in [5.74, 6) is 0.376. The van der Waals surface area contributed by atoms with Crippen molar-refractivity contribution in [2.24, 2.45) is 0 Å². The molecule has 0 saturated heterocycles. The van der Waals surface area contributed by atoms with E-state index in [0.717, 1.165) is 11.1 Å². The lowest BCUT2D eigenvalue weighted by molar-refractivity contribution is -0.111. The maximum Gasteiger partial charge on any atom is 0.338 e. The van der Waals surface area contributed by atoms with Crippen LogP contribution in [0.2, 0.25) is 5.02 Å². The van der Waals surface area contributed by atoms with Crippen LogP contribution in [-0.4, -0.2) is 25.1 Å². The van der Waals surface area contributed by atoms with Crippen molar-refractivity contribution < 1.29 is 23.8 Å². The minimum Gasteiger partial charge on any atom is -0.490 e. The van der Waals surface area contributed by atoms with Crippen LogP contribution in [0.4, 0.5) is 5.69 Å². The van der Waals surface area contributed by atoms with Crippen LogP contribution in [0.5, 0.6) is 11.5 Å². The van der Waals surface area contributed by atoms with E-state index < -0.39 is 5.97 Å². The number of halogens is 2. The topological polar surface area (TPSA) is 73.9 Å². The highest BCUT2D eigenvalue weighted by Crippen LogP contribution is 2.38. The number of esters is 1. The number of benzene rings is 3. The average molecular weight is 559 g/mol. The highest BCUT2D eigenvalue weighted by Gasteiger charge is 2.13. The van der Waals surface area contributed by atoms with Gasteiger partial charge in [0.1, 0.15) is 6.61 Å². The molecule has 0 spiro atoms. The van der Waals surface area contributed by atoms with E-state index in [4.69, 9.17) is 25.8 Å². The highest BCUT2D eigenvalue weighted by atomic mass is 79.9. The Balaban J connectivity index is 1.68. The van der Waals surface area contributed by atoms with Gasteiger partial charge in [-0.2, -0.15) is 0 Å². The number of rotatable bonds is 10. The molecule has 0 aliphatic heterocycles. The van der Waals surface area contributed by atoms with Gasteiger partial charge in [-0.15, -0.1) is 0 Å². The van der Waals surface area contributed by atoms with Crippen molar-refractivity contribution in [3.05, 3.63) is 92.9 Å². The first-order valence-electron chi connectivity index (χ1n) is 11.0. The third-order valence-corrected chi connectivity index (χ3v) is 5.71. The lowest BCUT2D eigenvalue weighted by Gasteiger charge is -2.15. The second kappa shape index (κ2) is 13.0.